The van der Waals surface area contributed by atoms with Crippen LogP contribution in [0.4, 0.5) is 17.1 Å². The Labute approximate surface area is 197 Å². The van der Waals surface area contributed by atoms with Gasteiger partial charge >= 0.3 is 0 Å². The number of para-hydroxylation sites is 3. The van der Waals surface area contributed by atoms with E-state index >= 15 is 0 Å². The first-order chi connectivity index (χ1) is 13.7. The van der Waals surface area contributed by atoms with Gasteiger partial charge in [-0.25, -0.2) is 0 Å². The molecule has 0 amide bonds. The summed E-state index contributed by atoms with van der Waals surface area (Å²) < 4.78 is 0. The maximum absolute atomic E-state index is 6.78. The van der Waals surface area contributed by atoms with Crippen LogP contribution < -0.4 is 9.80 Å². The molecule has 2 aliphatic rings. The van der Waals surface area contributed by atoms with Crippen molar-refractivity contribution in [2.45, 2.75) is 10.3 Å². The summed E-state index contributed by atoms with van der Waals surface area (Å²) in [6, 6.07) is 27.3. The topological polar surface area (TPSA) is 6.48 Å². The van der Waals surface area contributed by atoms with Crippen LogP contribution in [0.5, 0.6) is 0 Å². The number of nitrogens with zero attached hydrogens (tertiary/aromatic N) is 2. The van der Waals surface area contributed by atoms with Gasteiger partial charge in [-0.3, -0.25) is 0 Å². The fourth-order valence-corrected chi connectivity index (χ4v) is 5.31. The van der Waals surface area contributed by atoms with Gasteiger partial charge in [-0.1, -0.05) is 71.9 Å². The lowest BCUT2D eigenvalue weighted by atomic mass is 9.98. The largest absolute Gasteiger partial charge is 0.358 e. The first kappa shape index (κ1) is 20.4. The van der Waals surface area contributed by atoms with Crippen molar-refractivity contribution in [3.05, 3.63) is 102 Å². The molecule has 0 bridgehead atoms. The predicted octanol–water partition coefficient (Wildman–Crippen LogP) is 7.49. The second kappa shape index (κ2) is 8.46. The van der Waals surface area contributed by atoms with Crippen molar-refractivity contribution in [3.63, 3.8) is 0 Å². The number of fused-ring (bicyclic) bond motifs is 2. The highest BCUT2D eigenvalue weighted by Crippen LogP contribution is 2.46. The molecule has 2 aliphatic heterocycles. The quantitative estimate of drug-likeness (QED) is 0.250. The zero-order valence-corrected chi connectivity index (χ0v) is 19.7. The smallest absolute Gasteiger partial charge is 0.114 e. The standard InChI is InChI=1S/C24H19ClN2S.HI/c1-26-21-13-7-8-14-22(21)28-24(26)16-17-15-23(25)27(18-9-3-2-4-10-18)20-12-6-5-11-19(17)20;/h2-16,24H,1H3;1H. The molecule has 3 aromatic carbocycles. The first-order valence-corrected chi connectivity index (χ1v) is 10.5. The summed E-state index contributed by atoms with van der Waals surface area (Å²) in [5.41, 5.74) is 5.80. The fraction of sp³-hybridized carbons (Fsp3) is 0.0833. The van der Waals surface area contributed by atoms with Crippen molar-refractivity contribution < 1.29 is 0 Å². The minimum Gasteiger partial charge on any atom is -0.358 e. The van der Waals surface area contributed by atoms with Crippen molar-refractivity contribution in [1.82, 2.24) is 0 Å². The summed E-state index contributed by atoms with van der Waals surface area (Å²) in [5.74, 6) is 0. The first-order valence-electron chi connectivity index (χ1n) is 9.24. The van der Waals surface area contributed by atoms with E-state index in [1.165, 1.54) is 16.1 Å². The van der Waals surface area contributed by atoms with Gasteiger partial charge in [-0.05, 0) is 48.1 Å². The normalized spacial score (nSPS) is 18.8. The molecule has 146 valence electrons. The molecule has 29 heavy (non-hydrogen) atoms. The zero-order valence-electron chi connectivity index (χ0n) is 15.8. The van der Waals surface area contributed by atoms with Gasteiger partial charge in [0.25, 0.3) is 0 Å². The number of benzene rings is 3. The number of hydrogen-bond acceptors (Lipinski definition) is 3. The molecule has 3 aromatic rings. The third kappa shape index (κ3) is 3.69. The maximum Gasteiger partial charge on any atom is 0.114 e. The molecule has 5 heteroatoms. The Hall–Kier alpha value is -1.89. The molecule has 0 aromatic heterocycles. The molecule has 0 radical (unpaired) electrons. The van der Waals surface area contributed by atoms with E-state index in [0.29, 0.717) is 5.16 Å². The van der Waals surface area contributed by atoms with Gasteiger partial charge in [0.1, 0.15) is 5.16 Å². The van der Waals surface area contributed by atoms with Gasteiger partial charge in [0.05, 0.1) is 16.7 Å². The molecular formula is C24H20ClIN2S. The van der Waals surface area contributed by atoms with Crippen LogP contribution >= 0.6 is 47.3 Å². The molecule has 1 unspecified atom stereocenters. The highest BCUT2D eigenvalue weighted by molar-refractivity contribution is 14.0. The van der Waals surface area contributed by atoms with Gasteiger partial charge in [-0.2, -0.15) is 0 Å². The molecule has 0 aliphatic carbocycles. The number of halogens is 2. The number of anilines is 3. The van der Waals surface area contributed by atoms with Gasteiger partial charge in [0.15, 0.2) is 0 Å². The van der Waals surface area contributed by atoms with Crippen LogP contribution in [0.3, 0.4) is 0 Å². The van der Waals surface area contributed by atoms with Crippen LogP contribution in [-0.2, 0) is 0 Å². The van der Waals surface area contributed by atoms with Crippen molar-refractivity contribution in [2.24, 2.45) is 0 Å². The third-order valence-electron chi connectivity index (χ3n) is 5.16. The monoisotopic (exact) mass is 530 g/mol. The van der Waals surface area contributed by atoms with Crippen molar-refractivity contribution >= 4 is 70.0 Å². The van der Waals surface area contributed by atoms with E-state index in [2.05, 4.69) is 89.7 Å². The van der Waals surface area contributed by atoms with Crippen LogP contribution in [0.15, 0.2) is 101 Å². The third-order valence-corrected chi connectivity index (χ3v) is 6.73. The molecular weight excluding hydrogens is 511 g/mol. The van der Waals surface area contributed by atoms with E-state index in [1.807, 2.05) is 30.0 Å². The Balaban J connectivity index is 0.00000205. The van der Waals surface area contributed by atoms with Crippen LogP contribution in [0.25, 0.3) is 5.57 Å². The van der Waals surface area contributed by atoms with Crippen molar-refractivity contribution in [3.8, 4) is 0 Å². The molecule has 2 heterocycles. The number of thioether (sulfide) groups is 1. The second-order valence-corrected chi connectivity index (χ2v) is 8.41. The van der Waals surface area contributed by atoms with E-state index in [9.17, 15) is 0 Å². The van der Waals surface area contributed by atoms with E-state index < -0.39 is 0 Å². The molecule has 0 spiro atoms. The molecule has 0 fully saturated rings. The number of likely N-dealkylation sites (N-methyl/N-ethyl adjacent to an activating group) is 1. The summed E-state index contributed by atoms with van der Waals surface area (Å²) in [7, 11) is 2.15. The molecule has 0 saturated heterocycles. The number of hydrogen-bond donors (Lipinski definition) is 0. The summed E-state index contributed by atoms with van der Waals surface area (Å²) in [5, 5.41) is 0.948. The Morgan fingerprint density at radius 1 is 0.862 bits per heavy atom. The van der Waals surface area contributed by atoms with E-state index in [1.54, 1.807) is 0 Å². The Kier molecular flexibility index (Phi) is 5.95. The second-order valence-electron chi connectivity index (χ2n) is 6.86. The van der Waals surface area contributed by atoms with Gasteiger partial charge in [-0.15, -0.1) is 24.0 Å². The minimum absolute atomic E-state index is 0. The van der Waals surface area contributed by atoms with Gasteiger partial charge in [0, 0.05) is 23.2 Å². The number of rotatable bonds is 2. The lowest BCUT2D eigenvalue weighted by molar-refractivity contribution is 0.991. The zero-order chi connectivity index (χ0) is 19.1. The molecule has 5 rings (SSSR count). The highest BCUT2D eigenvalue weighted by atomic mass is 127. The molecule has 2 nitrogen and oxygen atoms in total. The molecule has 1 atom stereocenters. The average Bonchev–Trinajstić information content (AvgIpc) is 3.04. The van der Waals surface area contributed by atoms with Crippen molar-refractivity contribution in [2.75, 3.05) is 16.8 Å². The van der Waals surface area contributed by atoms with Crippen molar-refractivity contribution in [1.29, 1.82) is 0 Å². The highest BCUT2D eigenvalue weighted by Gasteiger charge is 2.28. The van der Waals surface area contributed by atoms with Gasteiger partial charge < -0.3 is 9.80 Å². The SMILES string of the molecule is CN1c2ccccc2SC1C=C1C=C(Cl)N(c2ccccc2)c2ccccc21.I. The Bertz CT molecular complexity index is 1100. The lowest BCUT2D eigenvalue weighted by Gasteiger charge is -2.31. The summed E-state index contributed by atoms with van der Waals surface area (Å²) in [4.78, 5) is 5.74. The fourth-order valence-electron chi connectivity index (χ4n) is 3.77. The Morgan fingerprint density at radius 3 is 2.28 bits per heavy atom. The summed E-state index contributed by atoms with van der Waals surface area (Å²) in [6.45, 7) is 0. The Morgan fingerprint density at radius 2 is 1.52 bits per heavy atom. The molecule has 0 saturated carbocycles. The van der Waals surface area contributed by atoms with E-state index in [0.717, 1.165) is 16.9 Å². The summed E-state index contributed by atoms with van der Waals surface area (Å²) >= 11 is 8.65. The van der Waals surface area contributed by atoms with Crippen LogP contribution in [0.2, 0.25) is 0 Å². The average molecular weight is 531 g/mol. The maximum atomic E-state index is 6.78. The van der Waals surface area contributed by atoms with Crippen LogP contribution in [-0.4, -0.2) is 12.4 Å². The lowest BCUT2D eigenvalue weighted by Crippen LogP contribution is -2.23. The van der Waals surface area contributed by atoms with Gasteiger partial charge in [0.2, 0.25) is 0 Å². The van der Waals surface area contributed by atoms with Crippen LogP contribution in [0, 0.1) is 0 Å². The number of allylic oxidation sites excluding steroid dienone is 2. The van der Waals surface area contributed by atoms with Crippen LogP contribution in [0.1, 0.15) is 5.56 Å². The minimum atomic E-state index is 0. The van der Waals surface area contributed by atoms with E-state index in [4.69, 9.17) is 11.6 Å². The molecule has 0 N–H and O–H groups in total. The summed E-state index contributed by atoms with van der Waals surface area (Å²) in [6.07, 6.45) is 4.39. The predicted molar refractivity (Wildman–Crippen MR) is 137 cm³/mol. The van der Waals surface area contributed by atoms with E-state index in [-0.39, 0.29) is 29.4 Å².